The molecule has 1 aliphatic carbocycles. The molecule has 1 aromatic heterocycles. The average molecular weight is 234 g/mol. The standard InChI is InChI=1S/C14H22N2O/c1-3-11-4-5-12(10-11)14(17)7-6-13-8-9-15-16(13)2/h8-9,11-12H,3-7,10H2,1-2H3. The number of carbonyl (C=O) groups is 1. The molecule has 0 saturated heterocycles. The Kier molecular flexibility index (Phi) is 3.97. The van der Waals surface area contributed by atoms with E-state index < -0.39 is 0 Å². The van der Waals surface area contributed by atoms with Crippen molar-refractivity contribution in [2.45, 2.75) is 45.4 Å². The zero-order valence-electron chi connectivity index (χ0n) is 10.9. The summed E-state index contributed by atoms with van der Waals surface area (Å²) < 4.78 is 1.86. The summed E-state index contributed by atoms with van der Waals surface area (Å²) in [5, 5.41) is 4.12. The Hall–Kier alpha value is -1.12. The molecule has 0 spiro atoms. The maximum atomic E-state index is 12.1. The van der Waals surface area contributed by atoms with E-state index in [4.69, 9.17) is 0 Å². The normalized spacial score (nSPS) is 24.1. The van der Waals surface area contributed by atoms with Gasteiger partial charge < -0.3 is 0 Å². The van der Waals surface area contributed by atoms with Crippen molar-refractivity contribution < 1.29 is 4.79 Å². The highest BCUT2D eigenvalue weighted by atomic mass is 16.1. The molecule has 3 nitrogen and oxygen atoms in total. The van der Waals surface area contributed by atoms with E-state index in [0.29, 0.717) is 18.1 Å². The minimum Gasteiger partial charge on any atom is -0.299 e. The molecule has 1 saturated carbocycles. The minimum absolute atomic E-state index is 0.341. The first kappa shape index (κ1) is 12.3. The summed E-state index contributed by atoms with van der Waals surface area (Å²) in [6.45, 7) is 2.23. The van der Waals surface area contributed by atoms with Gasteiger partial charge in [-0.05, 0) is 37.7 Å². The van der Waals surface area contributed by atoms with Crippen LogP contribution in [0.2, 0.25) is 0 Å². The van der Waals surface area contributed by atoms with Crippen LogP contribution in [0.5, 0.6) is 0 Å². The highest BCUT2D eigenvalue weighted by Crippen LogP contribution is 2.34. The van der Waals surface area contributed by atoms with Gasteiger partial charge >= 0.3 is 0 Å². The minimum atomic E-state index is 0.341. The smallest absolute Gasteiger partial charge is 0.136 e. The molecule has 0 aliphatic heterocycles. The van der Waals surface area contributed by atoms with Crippen molar-refractivity contribution in [1.29, 1.82) is 0 Å². The fourth-order valence-corrected chi connectivity index (χ4v) is 2.84. The molecule has 0 amide bonds. The van der Waals surface area contributed by atoms with Crippen molar-refractivity contribution in [3.8, 4) is 0 Å². The van der Waals surface area contributed by atoms with Crippen molar-refractivity contribution in [2.24, 2.45) is 18.9 Å². The second kappa shape index (κ2) is 5.48. The molecular formula is C14H22N2O. The summed E-state index contributed by atoms with van der Waals surface area (Å²) in [6, 6.07) is 2.00. The molecular weight excluding hydrogens is 212 g/mol. The fourth-order valence-electron chi connectivity index (χ4n) is 2.84. The largest absolute Gasteiger partial charge is 0.299 e. The molecule has 1 aromatic rings. The molecule has 2 atom stereocenters. The Morgan fingerprint density at radius 2 is 2.35 bits per heavy atom. The lowest BCUT2D eigenvalue weighted by Crippen LogP contribution is -2.13. The maximum absolute atomic E-state index is 12.1. The SMILES string of the molecule is CCC1CCC(C(=O)CCc2ccnn2C)C1. The second-order valence-corrected chi connectivity index (χ2v) is 5.20. The molecule has 1 heterocycles. The number of hydrogen-bond acceptors (Lipinski definition) is 2. The summed E-state index contributed by atoms with van der Waals surface area (Å²) in [5.41, 5.74) is 1.16. The highest BCUT2D eigenvalue weighted by molar-refractivity contribution is 5.81. The van der Waals surface area contributed by atoms with Gasteiger partial charge in [0, 0.05) is 31.3 Å². The van der Waals surface area contributed by atoms with Gasteiger partial charge in [0.05, 0.1) is 0 Å². The quantitative estimate of drug-likeness (QED) is 0.785. The van der Waals surface area contributed by atoms with Crippen molar-refractivity contribution in [3.05, 3.63) is 18.0 Å². The van der Waals surface area contributed by atoms with E-state index in [2.05, 4.69) is 12.0 Å². The average Bonchev–Trinajstić information content (AvgIpc) is 2.94. The third kappa shape index (κ3) is 2.96. The molecule has 0 N–H and O–H groups in total. The number of ketones is 1. The summed E-state index contributed by atoms with van der Waals surface area (Å²) in [7, 11) is 1.93. The van der Waals surface area contributed by atoms with Gasteiger partial charge in [0.1, 0.15) is 5.78 Å². The molecule has 94 valence electrons. The molecule has 1 aliphatic rings. The lowest BCUT2D eigenvalue weighted by atomic mass is 9.96. The summed E-state index contributed by atoms with van der Waals surface area (Å²) in [6.07, 6.45) is 8.03. The molecule has 17 heavy (non-hydrogen) atoms. The number of aryl methyl sites for hydroxylation is 2. The van der Waals surface area contributed by atoms with Gasteiger partial charge in [0.2, 0.25) is 0 Å². The third-order valence-electron chi connectivity index (χ3n) is 4.12. The first-order valence-electron chi connectivity index (χ1n) is 6.70. The second-order valence-electron chi connectivity index (χ2n) is 5.20. The monoisotopic (exact) mass is 234 g/mol. The zero-order chi connectivity index (χ0) is 12.3. The van der Waals surface area contributed by atoms with Gasteiger partial charge in [-0.3, -0.25) is 9.48 Å². The Balaban J connectivity index is 1.80. The maximum Gasteiger partial charge on any atom is 0.136 e. The lowest BCUT2D eigenvalue weighted by Gasteiger charge is -2.09. The van der Waals surface area contributed by atoms with E-state index in [1.165, 1.54) is 12.8 Å². The number of carbonyl (C=O) groups excluding carboxylic acids is 1. The van der Waals surface area contributed by atoms with Crippen molar-refractivity contribution in [2.75, 3.05) is 0 Å². The van der Waals surface area contributed by atoms with E-state index >= 15 is 0 Å². The van der Waals surface area contributed by atoms with Crippen molar-refractivity contribution in [3.63, 3.8) is 0 Å². The Bertz CT molecular complexity index is 383. The van der Waals surface area contributed by atoms with E-state index in [1.54, 1.807) is 6.20 Å². The third-order valence-corrected chi connectivity index (χ3v) is 4.12. The molecule has 0 radical (unpaired) electrons. The first-order valence-corrected chi connectivity index (χ1v) is 6.70. The van der Waals surface area contributed by atoms with Crippen LogP contribution in [0.25, 0.3) is 0 Å². The Morgan fingerprint density at radius 1 is 1.53 bits per heavy atom. The molecule has 0 aromatic carbocycles. The van der Waals surface area contributed by atoms with E-state index in [9.17, 15) is 4.79 Å². The van der Waals surface area contributed by atoms with Crippen LogP contribution in [-0.4, -0.2) is 15.6 Å². The molecule has 2 rings (SSSR count). The summed E-state index contributed by atoms with van der Waals surface area (Å²) >= 11 is 0. The zero-order valence-corrected chi connectivity index (χ0v) is 10.9. The van der Waals surface area contributed by atoms with Crippen LogP contribution in [0, 0.1) is 11.8 Å². The predicted molar refractivity (Wildman–Crippen MR) is 67.7 cm³/mol. The topological polar surface area (TPSA) is 34.9 Å². The fraction of sp³-hybridized carbons (Fsp3) is 0.714. The van der Waals surface area contributed by atoms with Crippen LogP contribution in [-0.2, 0) is 18.3 Å². The van der Waals surface area contributed by atoms with E-state index in [-0.39, 0.29) is 0 Å². The molecule has 2 unspecified atom stereocenters. The first-order chi connectivity index (χ1) is 8.20. The van der Waals surface area contributed by atoms with Gasteiger partial charge in [0.25, 0.3) is 0 Å². The molecule has 3 heteroatoms. The van der Waals surface area contributed by atoms with Crippen LogP contribution in [0.4, 0.5) is 0 Å². The van der Waals surface area contributed by atoms with Crippen LogP contribution in [0.15, 0.2) is 12.3 Å². The predicted octanol–water partition coefficient (Wildman–Crippen LogP) is 2.75. The van der Waals surface area contributed by atoms with Crippen molar-refractivity contribution in [1.82, 2.24) is 9.78 Å². The molecule has 0 bridgehead atoms. The lowest BCUT2D eigenvalue weighted by molar-refractivity contribution is -0.122. The van der Waals surface area contributed by atoms with Gasteiger partial charge in [-0.1, -0.05) is 13.3 Å². The van der Waals surface area contributed by atoms with Gasteiger partial charge in [0.15, 0.2) is 0 Å². The highest BCUT2D eigenvalue weighted by Gasteiger charge is 2.28. The van der Waals surface area contributed by atoms with Gasteiger partial charge in [-0.15, -0.1) is 0 Å². The number of nitrogens with zero attached hydrogens (tertiary/aromatic N) is 2. The number of hydrogen-bond donors (Lipinski definition) is 0. The summed E-state index contributed by atoms with van der Waals surface area (Å²) in [4.78, 5) is 12.1. The van der Waals surface area contributed by atoms with Gasteiger partial charge in [-0.2, -0.15) is 5.10 Å². The van der Waals surface area contributed by atoms with Crippen molar-refractivity contribution >= 4 is 5.78 Å². The van der Waals surface area contributed by atoms with E-state index in [1.807, 2.05) is 17.8 Å². The Labute approximate surface area is 103 Å². The summed E-state index contributed by atoms with van der Waals surface area (Å²) in [5.74, 6) is 1.59. The number of aromatic nitrogens is 2. The Morgan fingerprint density at radius 3 is 2.94 bits per heavy atom. The van der Waals surface area contributed by atoms with E-state index in [0.717, 1.165) is 30.9 Å². The van der Waals surface area contributed by atoms with Gasteiger partial charge in [-0.25, -0.2) is 0 Å². The number of Topliss-reactive ketones (excluding diaryl/α,β-unsaturated/α-hetero) is 1. The molecule has 1 fully saturated rings. The van der Waals surface area contributed by atoms with Crippen LogP contribution < -0.4 is 0 Å². The van der Waals surface area contributed by atoms with Crippen LogP contribution in [0.3, 0.4) is 0 Å². The van der Waals surface area contributed by atoms with Crippen LogP contribution in [0.1, 0.15) is 44.7 Å². The van der Waals surface area contributed by atoms with Crippen LogP contribution >= 0.6 is 0 Å². The number of rotatable bonds is 5.